The van der Waals surface area contributed by atoms with E-state index < -0.39 is 0 Å². The topological polar surface area (TPSA) is 87.3 Å². The summed E-state index contributed by atoms with van der Waals surface area (Å²) in [6.07, 6.45) is 3.47. The molecule has 0 aromatic carbocycles. The van der Waals surface area contributed by atoms with Crippen LogP contribution in [0.3, 0.4) is 0 Å². The standard InChI is InChI=1S/C16H22N6O3/c1-11-18-12(2)22(19-11)8-16(23)20-6-14-15(7-20)25-10-13(9-24-14)21-5-3-4-17-21/h3-5,13-15H,6-10H2,1-2H3/t14-,15-/m0/s1. The second-order valence-electron chi connectivity index (χ2n) is 6.55. The molecule has 4 rings (SSSR count). The van der Waals surface area contributed by atoms with E-state index in [-0.39, 0.29) is 30.7 Å². The number of carbonyl (C=O) groups excluding carboxylic acids is 1. The summed E-state index contributed by atoms with van der Waals surface area (Å²) in [5, 5.41) is 8.50. The molecule has 0 N–H and O–H groups in total. The zero-order chi connectivity index (χ0) is 17.4. The number of rotatable bonds is 3. The van der Waals surface area contributed by atoms with Gasteiger partial charge in [-0.15, -0.1) is 0 Å². The van der Waals surface area contributed by atoms with E-state index in [9.17, 15) is 4.79 Å². The van der Waals surface area contributed by atoms with Crippen LogP contribution in [0.2, 0.25) is 0 Å². The minimum Gasteiger partial charge on any atom is -0.371 e. The number of ether oxygens (including phenoxy) is 2. The van der Waals surface area contributed by atoms with Crippen LogP contribution in [0.15, 0.2) is 18.5 Å². The molecule has 2 aliphatic rings. The van der Waals surface area contributed by atoms with Crippen LogP contribution in [0.25, 0.3) is 0 Å². The molecule has 4 heterocycles. The number of hydrogen-bond donors (Lipinski definition) is 0. The van der Waals surface area contributed by atoms with Gasteiger partial charge in [-0.05, 0) is 19.9 Å². The summed E-state index contributed by atoms with van der Waals surface area (Å²) in [4.78, 5) is 18.6. The van der Waals surface area contributed by atoms with Gasteiger partial charge in [0, 0.05) is 25.5 Å². The maximum atomic E-state index is 12.6. The summed E-state index contributed by atoms with van der Waals surface area (Å²) in [6.45, 7) is 6.02. The third kappa shape index (κ3) is 3.29. The number of aryl methyl sites for hydroxylation is 2. The Labute approximate surface area is 145 Å². The molecular weight excluding hydrogens is 324 g/mol. The minimum atomic E-state index is -0.0944. The van der Waals surface area contributed by atoms with Crippen LogP contribution in [0.1, 0.15) is 17.7 Å². The van der Waals surface area contributed by atoms with Gasteiger partial charge in [-0.3, -0.25) is 9.48 Å². The minimum absolute atomic E-state index is 0.0110. The number of amides is 1. The summed E-state index contributed by atoms with van der Waals surface area (Å²) in [7, 11) is 0. The second kappa shape index (κ2) is 6.57. The molecule has 2 fully saturated rings. The lowest BCUT2D eigenvalue weighted by atomic mass is 10.3. The van der Waals surface area contributed by atoms with E-state index in [1.807, 2.05) is 30.8 Å². The molecule has 2 saturated heterocycles. The zero-order valence-electron chi connectivity index (χ0n) is 14.4. The molecule has 0 radical (unpaired) electrons. The van der Waals surface area contributed by atoms with Gasteiger partial charge >= 0.3 is 0 Å². The van der Waals surface area contributed by atoms with Crippen molar-refractivity contribution in [3.63, 3.8) is 0 Å². The molecule has 2 aromatic heterocycles. The van der Waals surface area contributed by atoms with Crippen molar-refractivity contribution in [1.29, 1.82) is 0 Å². The Balaban J connectivity index is 1.36. The number of aromatic nitrogens is 5. The largest absolute Gasteiger partial charge is 0.371 e. The Morgan fingerprint density at radius 1 is 1.24 bits per heavy atom. The first-order valence-corrected chi connectivity index (χ1v) is 8.48. The van der Waals surface area contributed by atoms with E-state index in [4.69, 9.17) is 9.47 Å². The molecule has 0 aliphatic carbocycles. The highest BCUT2D eigenvalue weighted by Gasteiger charge is 2.39. The lowest BCUT2D eigenvalue weighted by molar-refractivity contribution is -0.132. The fraction of sp³-hybridized carbons (Fsp3) is 0.625. The van der Waals surface area contributed by atoms with Gasteiger partial charge in [0.1, 0.15) is 30.4 Å². The number of hydrogen-bond acceptors (Lipinski definition) is 6. The summed E-state index contributed by atoms with van der Waals surface area (Å²) in [5.74, 6) is 1.43. The quantitative estimate of drug-likeness (QED) is 0.775. The number of likely N-dealkylation sites (tertiary alicyclic amines) is 1. The molecular formula is C16H22N6O3. The van der Waals surface area contributed by atoms with Crippen molar-refractivity contribution in [3.8, 4) is 0 Å². The molecule has 9 heteroatoms. The molecule has 25 heavy (non-hydrogen) atoms. The van der Waals surface area contributed by atoms with Crippen molar-refractivity contribution in [2.45, 2.75) is 38.6 Å². The first-order valence-electron chi connectivity index (χ1n) is 8.48. The molecule has 0 bridgehead atoms. The maximum absolute atomic E-state index is 12.6. The highest BCUT2D eigenvalue weighted by atomic mass is 16.6. The van der Waals surface area contributed by atoms with Crippen LogP contribution in [0.4, 0.5) is 0 Å². The van der Waals surface area contributed by atoms with Crippen molar-refractivity contribution in [3.05, 3.63) is 30.1 Å². The molecule has 0 spiro atoms. The van der Waals surface area contributed by atoms with Crippen LogP contribution in [-0.4, -0.2) is 73.9 Å². The van der Waals surface area contributed by atoms with E-state index in [2.05, 4.69) is 15.2 Å². The molecule has 0 saturated carbocycles. The summed E-state index contributed by atoms with van der Waals surface area (Å²) < 4.78 is 15.5. The normalized spacial score (nSPS) is 24.3. The van der Waals surface area contributed by atoms with Gasteiger partial charge < -0.3 is 14.4 Å². The first kappa shape index (κ1) is 16.2. The summed E-state index contributed by atoms with van der Waals surface area (Å²) in [6, 6.07) is 1.96. The van der Waals surface area contributed by atoms with E-state index in [1.165, 1.54) is 0 Å². The molecule has 0 unspecified atom stereocenters. The van der Waals surface area contributed by atoms with E-state index in [0.29, 0.717) is 32.1 Å². The molecule has 134 valence electrons. The van der Waals surface area contributed by atoms with Gasteiger partial charge in [-0.25, -0.2) is 9.67 Å². The van der Waals surface area contributed by atoms with E-state index in [0.717, 1.165) is 5.82 Å². The SMILES string of the molecule is Cc1nc(C)n(CC(=O)N2C[C@@H]3OCC(n4cccn4)CO[C@H]3C2)n1. The van der Waals surface area contributed by atoms with Gasteiger partial charge in [-0.2, -0.15) is 10.2 Å². The first-order chi connectivity index (χ1) is 12.1. The molecule has 2 aromatic rings. The van der Waals surface area contributed by atoms with Crippen LogP contribution in [0.5, 0.6) is 0 Å². The lowest BCUT2D eigenvalue weighted by Gasteiger charge is -2.19. The fourth-order valence-corrected chi connectivity index (χ4v) is 3.37. The Bertz CT molecular complexity index is 727. The van der Waals surface area contributed by atoms with E-state index in [1.54, 1.807) is 15.8 Å². The van der Waals surface area contributed by atoms with Crippen molar-refractivity contribution < 1.29 is 14.3 Å². The highest BCUT2D eigenvalue weighted by molar-refractivity contribution is 5.76. The van der Waals surface area contributed by atoms with Crippen molar-refractivity contribution in [2.24, 2.45) is 0 Å². The summed E-state index contributed by atoms with van der Waals surface area (Å²) in [5.41, 5.74) is 0. The number of carbonyl (C=O) groups is 1. The van der Waals surface area contributed by atoms with Gasteiger partial charge in [0.15, 0.2) is 0 Å². The van der Waals surface area contributed by atoms with Crippen molar-refractivity contribution >= 4 is 5.91 Å². The zero-order valence-corrected chi connectivity index (χ0v) is 14.4. The predicted octanol–water partition coefficient (Wildman–Crippen LogP) is -0.0411. The molecule has 2 aliphatic heterocycles. The third-order valence-electron chi connectivity index (χ3n) is 4.72. The van der Waals surface area contributed by atoms with Crippen LogP contribution >= 0.6 is 0 Å². The smallest absolute Gasteiger partial charge is 0.244 e. The monoisotopic (exact) mass is 346 g/mol. The lowest BCUT2D eigenvalue weighted by Crippen LogP contribution is -2.34. The van der Waals surface area contributed by atoms with Gasteiger partial charge in [0.2, 0.25) is 5.91 Å². The molecule has 1 amide bonds. The number of nitrogens with zero attached hydrogens (tertiary/aromatic N) is 6. The average molecular weight is 346 g/mol. The van der Waals surface area contributed by atoms with Crippen molar-refractivity contribution in [2.75, 3.05) is 26.3 Å². The van der Waals surface area contributed by atoms with Gasteiger partial charge in [-0.1, -0.05) is 0 Å². The van der Waals surface area contributed by atoms with Crippen molar-refractivity contribution in [1.82, 2.24) is 29.4 Å². The summed E-state index contributed by atoms with van der Waals surface area (Å²) >= 11 is 0. The third-order valence-corrected chi connectivity index (χ3v) is 4.72. The van der Waals surface area contributed by atoms with Crippen LogP contribution in [-0.2, 0) is 20.8 Å². The average Bonchev–Trinajstić information content (AvgIpc) is 3.28. The van der Waals surface area contributed by atoms with Gasteiger partial charge in [0.05, 0.1) is 19.3 Å². The van der Waals surface area contributed by atoms with Crippen LogP contribution < -0.4 is 0 Å². The second-order valence-corrected chi connectivity index (χ2v) is 6.55. The maximum Gasteiger partial charge on any atom is 0.244 e. The predicted molar refractivity (Wildman–Crippen MR) is 86.8 cm³/mol. The van der Waals surface area contributed by atoms with Crippen LogP contribution in [0, 0.1) is 13.8 Å². The Morgan fingerprint density at radius 3 is 2.52 bits per heavy atom. The fourth-order valence-electron chi connectivity index (χ4n) is 3.37. The Hall–Kier alpha value is -2.26. The highest BCUT2D eigenvalue weighted by Crippen LogP contribution is 2.23. The molecule has 9 nitrogen and oxygen atoms in total. The van der Waals surface area contributed by atoms with Gasteiger partial charge in [0.25, 0.3) is 0 Å². The van der Waals surface area contributed by atoms with E-state index >= 15 is 0 Å². The Morgan fingerprint density at radius 2 is 1.96 bits per heavy atom. The Kier molecular flexibility index (Phi) is 4.26. The number of fused-ring (bicyclic) bond motifs is 1. The molecule has 2 atom stereocenters.